The van der Waals surface area contributed by atoms with Crippen molar-refractivity contribution < 1.29 is 19.2 Å². The van der Waals surface area contributed by atoms with Gasteiger partial charge in [-0.25, -0.2) is 4.79 Å². The molecule has 0 unspecified atom stereocenters. The maximum absolute atomic E-state index is 13.4. The molecule has 1 aliphatic carbocycles. The second kappa shape index (κ2) is 9.28. The Hall–Kier alpha value is -2.28. The third-order valence-electron chi connectivity index (χ3n) is 6.07. The third-order valence-corrected chi connectivity index (χ3v) is 6.07. The Morgan fingerprint density at radius 2 is 1.75 bits per heavy atom. The SMILES string of the molecule is CC[NH+]1CCN(C(=O)C2(NC(=O)Nc3ccc(OC)cc3)CCCCC2)CC1. The summed E-state index contributed by atoms with van der Waals surface area (Å²) in [5.41, 5.74) is -0.102. The second-order valence-electron chi connectivity index (χ2n) is 7.85. The van der Waals surface area contributed by atoms with Crippen molar-refractivity contribution >= 4 is 17.6 Å². The number of amides is 3. The number of ether oxygens (including phenoxy) is 1. The summed E-state index contributed by atoms with van der Waals surface area (Å²) in [5, 5.41) is 5.91. The molecule has 1 aliphatic heterocycles. The Balaban J connectivity index is 1.66. The van der Waals surface area contributed by atoms with Gasteiger partial charge in [-0.15, -0.1) is 0 Å². The van der Waals surface area contributed by atoms with Gasteiger partial charge in [-0.3, -0.25) is 4.79 Å². The lowest BCUT2D eigenvalue weighted by Gasteiger charge is -2.42. The summed E-state index contributed by atoms with van der Waals surface area (Å²) in [6.07, 6.45) is 4.47. The van der Waals surface area contributed by atoms with E-state index in [0.29, 0.717) is 18.5 Å². The summed E-state index contributed by atoms with van der Waals surface area (Å²) in [5.74, 6) is 0.825. The van der Waals surface area contributed by atoms with E-state index < -0.39 is 5.54 Å². The van der Waals surface area contributed by atoms with Crippen LogP contribution < -0.4 is 20.3 Å². The van der Waals surface area contributed by atoms with Crippen molar-refractivity contribution in [2.24, 2.45) is 0 Å². The van der Waals surface area contributed by atoms with Crippen LogP contribution in [0, 0.1) is 0 Å². The highest BCUT2D eigenvalue weighted by molar-refractivity contribution is 5.96. The van der Waals surface area contributed by atoms with Gasteiger partial charge < -0.3 is 25.2 Å². The molecular weight excluding hydrogens is 356 g/mol. The van der Waals surface area contributed by atoms with Crippen molar-refractivity contribution in [3.63, 3.8) is 0 Å². The minimum Gasteiger partial charge on any atom is -0.497 e. The first-order valence-corrected chi connectivity index (χ1v) is 10.4. The van der Waals surface area contributed by atoms with Gasteiger partial charge in [-0.2, -0.15) is 0 Å². The fourth-order valence-electron chi connectivity index (χ4n) is 4.28. The van der Waals surface area contributed by atoms with E-state index in [-0.39, 0.29) is 11.9 Å². The molecule has 154 valence electrons. The summed E-state index contributed by atoms with van der Waals surface area (Å²) in [4.78, 5) is 29.6. The third kappa shape index (κ3) is 4.76. The smallest absolute Gasteiger partial charge is 0.320 e. The van der Waals surface area contributed by atoms with Crippen molar-refractivity contribution in [3.05, 3.63) is 24.3 Å². The molecule has 1 saturated carbocycles. The largest absolute Gasteiger partial charge is 0.497 e. The highest BCUT2D eigenvalue weighted by Gasteiger charge is 2.44. The number of piperazine rings is 1. The van der Waals surface area contributed by atoms with Crippen LogP contribution in [0.2, 0.25) is 0 Å². The fraction of sp³-hybridized carbons (Fsp3) is 0.619. The Morgan fingerprint density at radius 1 is 1.11 bits per heavy atom. The van der Waals surface area contributed by atoms with Crippen LogP contribution in [0.25, 0.3) is 0 Å². The zero-order valence-corrected chi connectivity index (χ0v) is 17.1. The molecule has 3 amide bonds. The lowest BCUT2D eigenvalue weighted by atomic mass is 9.80. The average Bonchev–Trinajstić information content (AvgIpc) is 2.74. The van der Waals surface area contributed by atoms with Crippen LogP contribution in [-0.4, -0.2) is 62.2 Å². The number of hydrogen-bond acceptors (Lipinski definition) is 3. The number of nitrogens with one attached hydrogen (secondary N) is 3. The maximum Gasteiger partial charge on any atom is 0.320 e. The molecule has 2 aliphatic rings. The Kier molecular flexibility index (Phi) is 6.78. The highest BCUT2D eigenvalue weighted by Crippen LogP contribution is 2.30. The molecule has 0 aromatic heterocycles. The van der Waals surface area contributed by atoms with Crippen LogP contribution in [0.15, 0.2) is 24.3 Å². The lowest BCUT2D eigenvalue weighted by Crippen LogP contribution is -3.14. The maximum atomic E-state index is 13.4. The predicted octanol–water partition coefficient (Wildman–Crippen LogP) is 1.27. The van der Waals surface area contributed by atoms with Crippen molar-refractivity contribution in [1.29, 1.82) is 0 Å². The second-order valence-corrected chi connectivity index (χ2v) is 7.85. The van der Waals surface area contributed by atoms with Crippen LogP contribution in [0.5, 0.6) is 5.75 Å². The molecule has 0 radical (unpaired) electrons. The van der Waals surface area contributed by atoms with E-state index in [0.717, 1.165) is 57.7 Å². The van der Waals surface area contributed by atoms with Gasteiger partial charge in [0.2, 0.25) is 5.91 Å². The zero-order chi connectivity index (χ0) is 20.0. The molecule has 0 bridgehead atoms. The molecule has 1 saturated heterocycles. The summed E-state index contributed by atoms with van der Waals surface area (Å²) in [6, 6.07) is 6.86. The molecule has 3 N–H and O–H groups in total. The molecule has 0 spiro atoms. The normalized spacial score (nSPS) is 19.7. The van der Waals surface area contributed by atoms with E-state index in [1.807, 2.05) is 4.90 Å². The van der Waals surface area contributed by atoms with E-state index in [4.69, 9.17) is 4.74 Å². The number of rotatable bonds is 5. The van der Waals surface area contributed by atoms with Gasteiger partial charge in [0.05, 0.1) is 39.8 Å². The van der Waals surface area contributed by atoms with Crippen molar-refractivity contribution in [2.75, 3.05) is 45.2 Å². The predicted molar refractivity (Wildman–Crippen MR) is 109 cm³/mol. The molecule has 28 heavy (non-hydrogen) atoms. The molecule has 0 atom stereocenters. The number of nitrogens with zero attached hydrogens (tertiary/aromatic N) is 1. The Bertz CT molecular complexity index is 663. The van der Waals surface area contributed by atoms with Gasteiger partial charge in [0, 0.05) is 5.69 Å². The van der Waals surface area contributed by atoms with Crippen LogP contribution >= 0.6 is 0 Å². The van der Waals surface area contributed by atoms with E-state index in [1.54, 1.807) is 31.4 Å². The van der Waals surface area contributed by atoms with Gasteiger partial charge >= 0.3 is 6.03 Å². The van der Waals surface area contributed by atoms with Crippen molar-refractivity contribution in [3.8, 4) is 5.75 Å². The van der Waals surface area contributed by atoms with E-state index >= 15 is 0 Å². The number of carbonyl (C=O) groups is 2. The zero-order valence-electron chi connectivity index (χ0n) is 17.1. The molecule has 1 aromatic rings. The molecule has 1 heterocycles. The number of benzene rings is 1. The monoisotopic (exact) mass is 389 g/mol. The van der Waals surface area contributed by atoms with Crippen LogP contribution in [0.4, 0.5) is 10.5 Å². The fourth-order valence-corrected chi connectivity index (χ4v) is 4.28. The van der Waals surface area contributed by atoms with Gasteiger partial charge in [-0.1, -0.05) is 19.3 Å². The number of hydrogen-bond donors (Lipinski definition) is 3. The van der Waals surface area contributed by atoms with E-state index in [9.17, 15) is 9.59 Å². The average molecular weight is 390 g/mol. The topological polar surface area (TPSA) is 75.1 Å². The number of quaternary nitrogens is 1. The van der Waals surface area contributed by atoms with Crippen molar-refractivity contribution in [1.82, 2.24) is 10.2 Å². The number of carbonyl (C=O) groups excluding carboxylic acids is 2. The molecule has 2 fully saturated rings. The first kappa shape index (κ1) is 20.5. The minimum absolute atomic E-state index is 0.0900. The number of likely N-dealkylation sites (N-methyl/N-ethyl adjacent to an activating group) is 1. The molecule has 7 heteroatoms. The van der Waals surface area contributed by atoms with Crippen LogP contribution in [-0.2, 0) is 4.79 Å². The highest BCUT2D eigenvalue weighted by atomic mass is 16.5. The summed E-state index contributed by atoms with van der Waals surface area (Å²) in [6.45, 7) is 6.78. The van der Waals surface area contributed by atoms with Crippen LogP contribution in [0.3, 0.4) is 0 Å². The van der Waals surface area contributed by atoms with Gasteiger partial charge in [-0.05, 0) is 44.0 Å². The summed E-state index contributed by atoms with van der Waals surface area (Å²) in [7, 11) is 1.61. The Morgan fingerprint density at radius 3 is 2.32 bits per heavy atom. The van der Waals surface area contributed by atoms with E-state index in [2.05, 4.69) is 17.6 Å². The van der Waals surface area contributed by atoms with Gasteiger partial charge in [0.25, 0.3) is 0 Å². The minimum atomic E-state index is -0.779. The number of anilines is 1. The Labute approximate surface area is 167 Å². The van der Waals surface area contributed by atoms with E-state index in [1.165, 1.54) is 4.90 Å². The first-order valence-electron chi connectivity index (χ1n) is 10.4. The van der Waals surface area contributed by atoms with Gasteiger partial charge in [0.15, 0.2) is 0 Å². The quantitative estimate of drug-likeness (QED) is 0.710. The summed E-state index contributed by atoms with van der Waals surface area (Å²) >= 11 is 0. The first-order chi connectivity index (χ1) is 13.6. The lowest BCUT2D eigenvalue weighted by molar-refractivity contribution is -0.902. The van der Waals surface area contributed by atoms with Gasteiger partial charge in [0.1, 0.15) is 11.3 Å². The molecule has 1 aromatic carbocycles. The van der Waals surface area contributed by atoms with Crippen LogP contribution in [0.1, 0.15) is 39.0 Å². The number of urea groups is 1. The molecular formula is C21H33N4O3+. The number of methoxy groups -OCH3 is 1. The van der Waals surface area contributed by atoms with Crippen molar-refractivity contribution in [2.45, 2.75) is 44.6 Å². The standard InChI is InChI=1S/C21H32N4O3/c1-3-24-13-15-25(16-14-24)19(26)21(11-5-4-6-12-21)23-20(27)22-17-7-9-18(28-2)10-8-17/h7-10H,3-6,11-16H2,1-2H3,(H2,22,23,27)/p+1. The molecule has 3 rings (SSSR count). The molecule has 7 nitrogen and oxygen atoms in total. The summed E-state index contributed by atoms with van der Waals surface area (Å²) < 4.78 is 5.15.